The zero-order valence-electron chi connectivity index (χ0n) is 10.4. The van der Waals surface area contributed by atoms with Gasteiger partial charge in [0.2, 0.25) is 0 Å². The Balaban J connectivity index is 5.18. The first-order chi connectivity index (χ1) is 8.69. The molecule has 3 nitrogen and oxygen atoms in total. The van der Waals surface area contributed by atoms with Crippen LogP contribution < -0.4 is 5.73 Å². The summed E-state index contributed by atoms with van der Waals surface area (Å²) in [7, 11) is -4.44. The van der Waals surface area contributed by atoms with Crippen LogP contribution in [0.5, 0.6) is 0 Å². The van der Waals surface area contributed by atoms with Crippen molar-refractivity contribution in [1.82, 2.24) is 0 Å². The van der Waals surface area contributed by atoms with Gasteiger partial charge in [0, 0.05) is 6.42 Å². The van der Waals surface area contributed by atoms with Crippen molar-refractivity contribution in [2.24, 2.45) is 5.73 Å². The van der Waals surface area contributed by atoms with Gasteiger partial charge in [-0.05, 0) is 6.42 Å². The van der Waals surface area contributed by atoms with Gasteiger partial charge >= 0.3 is 12.4 Å². The molecule has 0 saturated heterocycles. The first-order valence-corrected chi connectivity index (χ1v) is 7.20. The van der Waals surface area contributed by atoms with Crippen LogP contribution in [-0.2, 0) is 9.84 Å². The summed E-state index contributed by atoms with van der Waals surface area (Å²) in [5.41, 5.74) is -0.434. The molecule has 0 rings (SSSR count). The van der Waals surface area contributed by atoms with Crippen LogP contribution >= 0.6 is 0 Å². The monoisotopic (exact) mass is 333 g/mol. The molecule has 0 radical (unpaired) electrons. The van der Waals surface area contributed by atoms with Crippen molar-refractivity contribution >= 4 is 9.84 Å². The third-order valence-electron chi connectivity index (χ3n) is 2.66. The quantitative estimate of drug-likeness (QED) is 0.760. The topological polar surface area (TPSA) is 60.2 Å². The molecule has 0 bridgehead atoms. The normalized spacial score (nSPS) is 16.2. The van der Waals surface area contributed by atoms with Crippen molar-refractivity contribution in [2.75, 3.05) is 5.75 Å². The average Bonchev–Trinajstić information content (AvgIpc) is 2.23. The van der Waals surface area contributed by atoms with Crippen LogP contribution in [0.25, 0.3) is 0 Å². The lowest BCUT2D eigenvalue weighted by molar-refractivity contribution is -0.341. The van der Waals surface area contributed by atoms with E-state index in [9.17, 15) is 39.2 Å². The number of hydrogen-bond acceptors (Lipinski definition) is 3. The first kappa shape index (κ1) is 19.4. The van der Waals surface area contributed by atoms with E-state index in [0.29, 0.717) is 0 Å². The SMILES string of the molecule is CCCC(N)S(=O)(=O)CCC(F)(C(F)(F)F)C(F)(F)F. The van der Waals surface area contributed by atoms with Crippen LogP contribution in [0.15, 0.2) is 0 Å². The summed E-state index contributed by atoms with van der Waals surface area (Å²) < 4.78 is 109. The molecule has 2 N–H and O–H groups in total. The minimum absolute atomic E-state index is 0.139. The number of rotatable bonds is 6. The fraction of sp³-hybridized carbons (Fsp3) is 1.00. The molecular formula is C9H14F7NO2S. The van der Waals surface area contributed by atoms with Gasteiger partial charge in [-0.3, -0.25) is 0 Å². The van der Waals surface area contributed by atoms with Crippen molar-refractivity contribution < 1.29 is 39.2 Å². The highest BCUT2D eigenvalue weighted by Gasteiger charge is 2.72. The molecule has 11 heteroatoms. The third-order valence-corrected chi connectivity index (χ3v) is 4.60. The lowest BCUT2D eigenvalue weighted by Crippen LogP contribution is -2.54. The first-order valence-electron chi connectivity index (χ1n) is 5.48. The lowest BCUT2D eigenvalue weighted by atomic mass is 10.0. The van der Waals surface area contributed by atoms with E-state index in [-0.39, 0.29) is 12.8 Å². The predicted molar refractivity (Wildman–Crippen MR) is 57.2 cm³/mol. The number of halogens is 7. The maximum Gasteiger partial charge on any atom is 0.431 e. The Labute approximate surface area is 111 Å². The van der Waals surface area contributed by atoms with Crippen LogP contribution in [0.2, 0.25) is 0 Å². The van der Waals surface area contributed by atoms with Gasteiger partial charge in [0.05, 0.1) is 5.75 Å². The second kappa shape index (κ2) is 6.04. The average molecular weight is 333 g/mol. The molecule has 0 amide bonds. The zero-order valence-corrected chi connectivity index (χ0v) is 11.2. The second-order valence-electron chi connectivity index (χ2n) is 4.24. The molecule has 0 saturated carbocycles. The Kier molecular flexibility index (Phi) is 5.87. The summed E-state index contributed by atoms with van der Waals surface area (Å²) in [6.07, 6.45) is -14.6. The summed E-state index contributed by atoms with van der Waals surface area (Å²) in [6.45, 7) is 1.53. The Morgan fingerprint density at radius 1 is 1.00 bits per heavy atom. The fourth-order valence-corrected chi connectivity index (χ4v) is 2.81. The number of hydrogen-bond donors (Lipinski definition) is 1. The van der Waals surface area contributed by atoms with E-state index in [4.69, 9.17) is 5.73 Å². The predicted octanol–water partition coefficient (Wildman–Crippen LogP) is 2.71. The summed E-state index contributed by atoms with van der Waals surface area (Å²) in [5.74, 6) is -1.64. The Hall–Kier alpha value is -0.580. The van der Waals surface area contributed by atoms with Crippen LogP contribution in [0, 0.1) is 0 Å². The molecule has 0 heterocycles. The molecule has 0 aromatic heterocycles. The standard InChI is InChI=1S/C9H14F7NO2S/c1-2-3-6(17)20(18,19)5-4-7(10,8(11,12)13)9(14,15)16/h6H,2-5,17H2,1H3. The molecule has 0 aliphatic carbocycles. The lowest BCUT2D eigenvalue weighted by Gasteiger charge is -2.30. The van der Waals surface area contributed by atoms with E-state index < -0.39 is 45.4 Å². The molecule has 122 valence electrons. The van der Waals surface area contributed by atoms with E-state index in [1.54, 1.807) is 0 Å². The van der Waals surface area contributed by atoms with Gasteiger partial charge in [0.1, 0.15) is 5.37 Å². The van der Waals surface area contributed by atoms with Crippen LogP contribution in [0.3, 0.4) is 0 Å². The van der Waals surface area contributed by atoms with Crippen LogP contribution in [0.1, 0.15) is 26.2 Å². The van der Waals surface area contributed by atoms with E-state index >= 15 is 0 Å². The highest BCUT2D eigenvalue weighted by Crippen LogP contribution is 2.48. The highest BCUT2D eigenvalue weighted by atomic mass is 32.2. The Morgan fingerprint density at radius 3 is 1.70 bits per heavy atom. The van der Waals surface area contributed by atoms with Crippen LogP contribution in [0.4, 0.5) is 30.7 Å². The maximum atomic E-state index is 13.2. The number of sulfone groups is 1. The maximum absolute atomic E-state index is 13.2. The van der Waals surface area contributed by atoms with Crippen molar-refractivity contribution in [3.8, 4) is 0 Å². The fourth-order valence-electron chi connectivity index (χ4n) is 1.34. The smallest absolute Gasteiger partial charge is 0.315 e. The number of nitrogens with two attached hydrogens (primary N) is 1. The van der Waals surface area contributed by atoms with Gasteiger partial charge in [-0.15, -0.1) is 0 Å². The van der Waals surface area contributed by atoms with Crippen molar-refractivity contribution in [3.63, 3.8) is 0 Å². The molecular weight excluding hydrogens is 319 g/mol. The highest BCUT2D eigenvalue weighted by molar-refractivity contribution is 7.91. The molecule has 0 aliphatic rings. The summed E-state index contributed by atoms with van der Waals surface area (Å²) in [4.78, 5) is 0. The molecule has 0 fully saturated rings. The van der Waals surface area contributed by atoms with Crippen molar-refractivity contribution in [2.45, 2.75) is 49.6 Å². The largest absolute Gasteiger partial charge is 0.431 e. The van der Waals surface area contributed by atoms with Gasteiger partial charge in [-0.1, -0.05) is 13.3 Å². The van der Waals surface area contributed by atoms with Gasteiger partial charge in [0.25, 0.3) is 5.67 Å². The molecule has 1 unspecified atom stereocenters. The summed E-state index contributed by atoms with van der Waals surface area (Å²) >= 11 is 0. The van der Waals surface area contributed by atoms with E-state index in [0.717, 1.165) is 0 Å². The van der Waals surface area contributed by atoms with Gasteiger partial charge < -0.3 is 5.73 Å². The number of alkyl halides is 7. The summed E-state index contributed by atoms with van der Waals surface area (Å²) in [5, 5.41) is -1.61. The van der Waals surface area contributed by atoms with E-state index in [2.05, 4.69) is 0 Å². The van der Waals surface area contributed by atoms with E-state index in [1.165, 1.54) is 6.92 Å². The van der Waals surface area contributed by atoms with Crippen molar-refractivity contribution in [3.05, 3.63) is 0 Å². The molecule has 0 aliphatic heterocycles. The minimum atomic E-state index is -6.25. The molecule has 1 atom stereocenters. The second-order valence-corrected chi connectivity index (χ2v) is 6.58. The van der Waals surface area contributed by atoms with E-state index in [1.807, 2.05) is 0 Å². The Morgan fingerprint density at radius 2 is 1.40 bits per heavy atom. The summed E-state index contributed by atoms with van der Waals surface area (Å²) in [6, 6.07) is 0. The Bertz CT molecular complexity index is 401. The van der Waals surface area contributed by atoms with Gasteiger partial charge in [0.15, 0.2) is 9.84 Å². The van der Waals surface area contributed by atoms with Crippen LogP contribution in [-0.4, -0.2) is 37.6 Å². The van der Waals surface area contributed by atoms with Crippen molar-refractivity contribution in [1.29, 1.82) is 0 Å². The molecule has 20 heavy (non-hydrogen) atoms. The molecule has 0 spiro atoms. The minimum Gasteiger partial charge on any atom is -0.315 e. The molecule has 0 aromatic rings. The van der Waals surface area contributed by atoms with Gasteiger partial charge in [-0.25, -0.2) is 12.8 Å². The van der Waals surface area contributed by atoms with Gasteiger partial charge in [-0.2, -0.15) is 26.3 Å². The third kappa shape index (κ3) is 4.21. The molecule has 0 aromatic carbocycles. The zero-order chi connectivity index (χ0) is 16.4.